The fraction of sp³-hybridized carbons (Fsp3) is 0.562. The standard InChI is InChI=1S/C16H22Cl2N2O2/c1-19-10-12-4-3-8-20(11-12)15(21)7-9-22-14-6-2-5-13(17)16(14)18/h2,5-6,12,19H,3-4,7-11H2,1H3/t12-/m1/s1. The first kappa shape index (κ1) is 17.4. The van der Waals surface area contributed by atoms with Crippen LogP contribution in [0.2, 0.25) is 10.0 Å². The number of piperidine rings is 1. The van der Waals surface area contributed by atoms with E-state index in [9.17, 15) is 4.79 Å². The number of hydrogen-bond donors (Lipinski definition) is 1. The quantitative estimate of drug-likeness (QED) is 0.861. The molecule has 0 aliphatic carbocycles. The molecule has 1 aromatic carbocycles. The molecule has 2 rings (SSSR count). The first-order valence-corrected chi connectivity index (χ1v) is 8.36. The van der Waals surface area contributed by atoms with Crippen molar-refractivity contribution in [2.75, 3.05) is 33.3 Å². The van der Waals surface area contributed by atoms with E-state index in [-0.39, 0.29) is 5.91 Å². The molecule has 0 spiro atoms. The van der Waals surface area contributed by atoms with Crippen LogP contribution in [0.15, 0.2) is 18.2 Å². The Labute approximate surface area is 141 Å². The van der Waals surface area contributed by atoms with Crippen LogP contribution in [0, 0.1) is 5.92 Å². The van der Waals surface area contributed by atoms with Gasteiger partial charge in [0.1, 0.15) is 10.8 Å². The summed E-state index contributed by atoms with van der Waals surface area (Å²) in [6.07, 6.45) is 2.60. The van der Waals surface area contributed by atoms with E-state index >= 15 is 0 Å². The topological polar surface area (TPSA) is 41.6 Å². The normalized spacial score (nSPS) is 18.3. The number of carbonyl (C=O) groups excluding carboxylic acids is 1. The van der Waals surface area contributed by atoms with Gasteiger partial charge in [0, 0.05) is 13.1 Å². The zero-order valence-corrected chi connectivity index (χ0v) is 14.3. The van der Waals surface area contributed by atoms with E-state index in [0.717, 1.165) is 26.1 Å². The molecule has 0 aromatic heterocycles. The summed E-state index contributed by atoms with van der Waals surface area (Å²) in [5, 5.41) is 4.03. The van der Waals surface area contributed by atoms with Crippen LogP contribution in [-0.2, 0) is 4.79 Å². The fourth-order valence-electron chi connectivity index (χ4n) is 2.75. The number of halogens is 2. The van der Waals surface area contributed by atoms with Crippen molar-refractivity contribution in [1.82, 2.24) is 10.2 Å². The number of ether oxygens (including phenoxy) is 1. The van der Waals surface area contributed by atoms with E-state index < -0.39 is 0 Å². The summed E-state index contributed by atoms with van der Waals surface area (Å²) >= 11 is 12.0. The Morgan fingerprint density at radius 1 is 1.45 bits per heavy atom. The third-order valence-electron chi connectivity index (χ3n) is 3.85. The van der Waals surface area contributed by atoms with Gasteiger partial charge in [-0.05, 0) is 44.5 Å². The highest BCUT2D eigenvalue weighted by Crippen LogP contribution is 2.31. The molecule has 0 saturated carbocycles. The van der Waals surface area contributed by atoms with Crippen molar-refractivity contribution < 1.29 is 9.53 Å². The minimum atomic E-state index is 0.138. The molecule has 1 amide bonds. The van der Waals surface area contributed by atoms with E-state index in [2.05, 4.69) is 5.32 Å². The van der Waals surface area contributed by atoms with Gasteiger partial charge in [-0.3, -0.25) is 4.79 Å². The zero-order valence-electron chi connectivity index (χ0n) is 12.8. The Hall–Kier alpha value is -0.970. The number of amides is 1. The second-order valence-electron chi connectivity index (χ2n) is 5.56. The highest BCUT2D eigenvalue weighted by atomic mass is 35.5. The van der Waals surface area contributed by atoms with Crippen molar-refractivity contribution in [2.45, 2.75) is 19.3 Å². The van der Waals surface area contributed by atoms with Crippen molar-refractivity contribution in [3.63, 3.8) is 0 Å². The zero-order chi connectivity index (χ0) is 15.9. The summed E-state index contributed by atoms with van der Waals surface area (Å²) in [5.74, 6) is 1.21. The highest BCUT2D eigenvalue weighted by molar-refractivity contribution is 6.42. The molecule has 4 nitrogen and oxygen atoms in total. The Balaban J connectivity index is 1.79. The molecular weight excluding hydrogens is 323 g/mol. The van der Waals surface area contributed by atoms with Gasteiger partial charge in [-0.15, -0.1) is 0 Å². The monoisotopic (exact) mass is 344 g/mol. The number of benzene rings is 1. The van der Waals surface area contributed by atoms with Crippen LogP contribution in [0.5, 0.6) is 5.75 Å². The average Bonchev–Trinajstić information content (AvgIpc) is 2.52. The predicted molar refractivity (Wildman–Crippen MR) is 89.8 cm³/mol. The Kier molecular flexibility index (Phi) is 6.80. The minimum absolute atomic E-state index is 0.138. The average molecular weight is 345 g/mol. The molecule has 0 bridgehead atoms. The minimum Gasteiger partial charge on any atom is -0.491 e. The molecular formula is C16H22Cl2N2O2. The summed E-state index contributed by atoms with van der Waals surface area (Å²) in [7, 11) is 1.95. The van der Waals surface area contributed by atoms with Crippen molar-refractivity contribution in [3.05, 3.63) is 28.2 Å². The van der Waals surface area contributed by atoms with Gasteiger partial charge in [0.2, 0.25) is 5.91 Å². The maximum Gasteiger partial charge on any atom is 0.226 e. The summed E-state index contributed by atoms with van der Waals surface area (Å²) in [5.41, 5.74) is 0. The number of nitrogens with zero attached hydrogens (tertiary/aromatic N) is 1. The molecule has 0 radical (unpaired) electrons. The first-order valence-electron chi connectivity index (χ1n) is 7.61. The maximum atomic E-state index is 12.3. The van der Waals surface area contributed by atoms with Gasteiger partial charge in [0.25, 0.3) is 0 Å². The third kappa shape index (κ3) is 4.77. The molecule has 1 saturated heterocycles. The van der Waals surface area contributed by atoms with Crippen molar-refractivity contribution in [1.29, 1.82) is 0 Å². The van der Waals surface area contributed by atoms with Crippen LogP contribution < -0.4 is 10.1 Å². The molecule has 6 heteroatoms. The van der Waals surface area contributed by atoms with Gasteiger partial charge in [-0.2, -0.15) is 0 Å². The largest absolute Gasteiger partial charge is 0.491 e. The smallest absolute Gasteiger partial charge is 0.226 e. The Morgan fingerprint density at radius 3 is 3.05 bits per heavy atom. The summed E-state index contributed by atoms with van der Waals surface area (Å²) in [6, 6.07) is 5.23. The van der Waals surface area contributed by atoms with Crippen LogP contribution in [0.4, 0.5) is 0 Å². The third-order valence-corrected chi connectivity index (χ3v) is 4.66. The maximum absolute atomic E-state index is 12.3. The van der Waals surface area contributed by atoms with Gasteiger partial charge < -0.3 is 15.0 Å². The molecule has 1 aliphatic heterocycles. The van der Waals surface area contributed by atoms with E-state index in [0.29, 0.717) is 34.7 Å². The van der Waals surface area contributed by atoms with Crippen molar-refractivity contribution >= 4 is 29.1 Å². The number of hydrogen-bond acceptors (Lipinski definition) is 3. The Bertz CT molecular complexity index is 509. The van der Waals surface area contributed by atoms with Gasteiger partial charge in [0.05, 0.1) is 18.1 Å². The molecule has 1 N–H and O–H groups in total. The van der Waals surface area contributed by atoms with Gasteiger partial charge >= 0.3 is 0 Å². The van der Waals surface area contributed by atoms with Gasteiger partial charge in [-0.1, -0.05) is 29.3 Å². The number of nitrogens with one attached hydrogen (secondary N) is 1. The molecule has 0 unspecified atom stereocenters. The van der Waals surface area contributed by atoms with Gasteiger partial charge in [0.15, 0.2) is 0 Å². The molecule has 122 valence electrons. The summed E-state index contributed by atoms with van der Waals surface area (Å²) in [4.78, 5) is 14.2. The molecule has 1 fully saturated rings. The number of rotatable bonds is 6. The second-order valence-corrected chi connectivity index (χ2v) is 6.34. The van der Waals surface area contributed by atoms with Crippen LogP contribution in [0.1, 0.15) is 19.3 Å². The molecule has 1 atom stereocenters. The van der Waals surface area contributed by atoms with Crippen LogP contribution >= 0.6 is 23.2 Å². The SMILES string of the molecule is CNC[C@H]1CCCN(C(=O)CCOc2cccc(Cl)c2Cl)C1. The molecule has 22 heavy (non-hydrogen) atoms. The second kappa shape index (κ2) is 8.61. The fourth-order valence-corrected chi connectivity index (χ4v) is 3.10. The van der Waals surface area contributed by atoms with Gasteiger partial charge in [-0.25, -0.2) is 0 Å². The first-order chi connectivity index (χ1) is 10.6. The van der Waals surface area contributed by atoms with E-state index in [1.807, 2.05) is 11.9 Å². The summed E-state index contributed by atoms with van der Waals surface area (Å²) < 4.78 is 5.58. The van der Waals surface area contributed by atoms with Crippen molar-refractivity contribution in [3.8, 4) is 5.75 Å². The van der Waals surface area contributed by atoms with E-state index in [1.54, 1.807) is 18.2 Å². The van der Waals surface area contributed by atoms with Crippen LogP contribution in [0.25, 0.3) is 0 Å². The lowest BCUT2D eigenvalue weighted by Crippen LogP contribution is -2.42. The number of carbonyl (C=O) groups is 1. The molecule has 1 aromatic rings. The lowest BCUT2D eigenvalue weighted by molar-refractivity contribution is -0.133. The molecule has 1 aliphatic rings. The lowest BCUT2D eigenvalue weighted by Gasteiger charge is -2.32. The van der Waals surface area contributed by atoms with E-state index in [1.165, 1.54) is 6.42 Å². The van der Waals surface area contributed by atoms with Crippen molar-refractivity contribution in [2.24, 2.45) is 5.92 Å². The lowest BCUT2D eigenvalue weighted by atomic mass is 9.98. The number of likely N-dealkylation sites (tertiary alicyclic amines) is 1. The van der Waals surface area contributed by atoms with Crippen LogP contribution in [0.3, 0.4) is 0 Å². The van der Waals surface area contributed by atoms with E-state index in [4.69, 9.17) is 27.9 Å². The highest BCUT2D eigenvalue weighted by Gasteiger charge is 2.22. The van der Waals surface area contributed by atoms with Crippen LogP contribution in [-0.4, -0.2) is 44.1 Å². The predicted octanol–water partition coefficient (Wildman–Crippen LogP) is 3.22. The molecule has 1 heterocycles. The summed E-state index contributed by atoms with van der Waals surface area (Å²) in [6.45, 7) is 2.94. The Morgan fingerprint density at radius 2 is 2.27 bits per heavy atom.